The Morgan fingerprint density at radius 3 is 1.06 bits per heavy atom. The van der Waals surface area contributed by atoms with E-state index in [1.807, 2.05) is 60.7 Å². The summed E-state index contributed by atoms with van der Waals surface area (Å²) in [6.45, 7) is -0.250. The van der Waals surface area contributed by atoms with Gasteiger partial charge in [0.25, 0.3) is 0 Å². The van der Waals surface area contributed by atoms with E-state index in [1.54, 1.807) is 0 Å². The molecular formula is C13H15NOY-2. The second-order valence-electron chi connectivity index (χ2n) is 2.34. The van der Waals surface area contributed by atoms with E-state index in [2.05, 4.69) is 17.9 Å². The molecule has 3 N–H and O–H groups in total. The van der Waals surface area contributed by atoms with Gasteiger partial charge < -0.3 is 10.8 Å². The largest absolute Gasteiger partial charge is 0.382 e. The van der Waals surface area contributed by atoms with Crippen LogP contribution in [0.1, 0.15) is 0 Å². The molecule has 0 heterocycles. The van der Waals surface area contributed by atoms with Crippen molar-refractivity contribution in [3.63, 3.8) is 0 Å². The first-order valence-electron chi connectivity index (χ1n) is 4.55. The summed E-state index contributed by atoms with van der Waals surface area (Å²) in [6.07, 6.45) is 0. The Kier molecular flexibility index (Phi) is 18.8. The molecular weight excluding hydrogens is 275 g/mol. The Bertz CT molecular complexity index is 204. The summed E-state index contributed by atoms with van der Waals surface area (Å²) in [6, 6.07) is 25.0. The van der Waals surface area contributed by atoms with Crippen LogP contribution in [0.15, 0.2) is 60.7 Å². The number of aliphatic hydroxyl groups excluding tert-OH is 1. The minimum absolute atomic E-state index is 0. The van der Waals surface area contributed by atoms with Crippen LogP contribution in [0.25, 0.3) is 0 Å². The minimum atomic E-state index is -0.250. The second-order valence-corrected chi connectivity index (χ2v) is 2.34. The molecule has 2 aromatic carbocycles. The van der Waals surface area contributed by atoms with E-state index in [0.29, 0.717) is 0 Å². The summed E-state index contributed by atoms with van der Waals surface area (Å²) in [5, 5.41) is 7.35. The van der Waals surface area contributed by atoms with Gasteiger partial charge in [0, 0.05) is 32.7 Å². The Morgan fingerprint density at radius 1 is 0.750 bits per heavy atom. The van der Waals surface area contributed by atoms with E-state index >= 15 is 0 Å². The molecule has 0 saturated heterocycles. The van der Waals surface area contributed by atoms with Crippen LogP contribution in [0.5, 0.6) is 0 Å². The van der Waals surface area contributed by atoms with E-state index < -0.39 is 0 Å². The van der Waals surface area contributed by atoms with Gasteiger partial charge in [-0.2, -0.15) is 72.8 Å². The van der Waals surface area contributed by atoms with Gasteiger partial charge in [0.1, 0.15) is 0 Å². The van der Waals surface area contributed by atoms with Crippen molar-refractivity contribution < 1.29 is 37.8 Å². The van der Waals surface area contributed by atoms with Crippen molar-refractivity contribution in [1.82, 2.24) is 0 Å². The normalized spacial score (nSPS) is 7.12. The summed E-state index contributed by atoms with van der Waals surface area (Å²) in [5.41, 5.74) is 4.40. The molecule has 3 heteroatoms. The first kappa shape index (κ1) is 17.8. The van der Waals surface area contributed by atoms with Crippen LogP contribution in [0.4, 0.5) is 0 Å². The van der Waals surface area contributed by atoms with Crippen LogP contribution >= 0.6 is 0 Å². The number of hydrogen-bond donors (Lipinski definition) is 2. The summed E-state index contributed by atoms with van der Waals surface area (Å²) in [5.74, 6) is 0. The van der Waals surface area contributed by atoms with Gasteiger partial charge in [-0.15, -0.1) is 0 Å². The summed E-state index contributed by atoms with van der Waals surface area (Å²) >= 11 is 0. The van der Waals surface area contributed by atoms with Crippen LogP contribution in [0.2, 0.25) is 0 Å². The van der Waals surface area contributed by atoms with E-state index in [4.69, 9.17) is 5.11 Å². The molecule has 2 aromatic rings. The predicted octanol–water partition coefficient (Wildman–Crippen LogP) is 1.87. The minimum Gasteiger partial charge on any atom is -0.382 e. The monoisotopic (exact) mass is 290 g/mol. The predicted molar refractivity (Wildman–Crippen MR) is 61.8 cm³/mol. The van der Waals surface area contributed by atoms with Crippen molar-refractivity contribution in [1.29, 1.82) is 0 Å². The number of benzene rings is 2. The molecule has 0 unspecified atom stereocenters. The topological polar surface area (TPSA) is 46.2 Å². The maximum absolute atomic E-state index is 7.35. The molecule has 0 spiro atoms. The maximum Gasteiger partial charge on any atom is 0.0906 e. The van der Waals surface area contributed by atoms with Gasteiger partial charge in [0.2, 0.25) is 0 Å². The van der Waals surface area contributed by atoms with E-state index in [9.17, 15) is 0 Å². The zero-order valence-corrected chi connectivity index (χ0v) is 11.9. The molecule has 16 heavy (non-hydrogen) atoms. The molecule has 0 bridgehead atoms. The fourth-order valence-electron chi connectivity index (χ4n) is 0.684. The molecule has 0 amide bonds. The van der Waals surface area contributed by atoms with E-state index in [-0.39, 0.29) is 39.4 Å². The standard InChI is InChI=1S/2C6H5.CH5NO.Y/c2*1-2-4-6-5-3-1;2-1-3;/h2*1-5H;3H,1-2H2;/q2*-1;;. The van der Waals surface area contributed by atoms with E-state index in [0.717, 1.165) is 0 Å². The van der Waals surface area contributed by atoms with Crippen LogP contribution in [0, 0.1) is 12.1 Å². The Hall–Kier alpha value is -0.536. The quantitative estimate of drug-likeness (QED) is 0.575. The summed E-state index contributed by atoms with van der Waals surface area (Å²) < 4.78 is 0. The van der Waals surface area contributed by atoms with Gasteiger partial charge in [-0.05, 0) is 0 Å². The maximum atomic E-state index is 7.35. The molecule has 83 valence electrons. The van der Waals surface area contributed by atoms with Crippen molar-refractivity contribution in [2.45, 2.75) is 0 Å². The fraction of sp³-hybridized carbons (Fsp3) is 0.0769. The molecule has 0 aliphatic rings. The first-order valence-corrected chi connectivity index (χ1v) is 4.55. The Morgan fingerprint density at radius 2 is 1.00 bits per heavy atom. The molecule has 0 aliphatic carbocycles. The molecule has 2 rings (SSSR count). The Labute approximate surface area is 122 Å². The van der Waals surface area contributed by atoms with Crippen LogP contribution < -0.4 is 5.73 Å². The average Bonchev–Trinajstić information content (AvgIpc) is 2.35. The molecule has 0 fully saturated rings. The molecule has 0 atom stereocenters. The molecule has 0 aliphatic heterocycles. The van der Waals surface area contributed by atoms with Crippen molar-refractivity contribution in [3.8, 4) is 0 Å². The first-order chi connectivity index (χ1) is 7.41. The zero-order chi connectivity index (χ0) is 11.2. The number of aliphatic hydroxyl groups is 1. The van der Waals surface area contributed by atoms with Gasteiger partial charge in [-0.1, -0.05) is 0 Å². The third kappa shape index (κ3) is 15.9. The third-order valence-corrected chi connectivity index (χ3v) is 1.21. The molecule has 1 radical (unpaired) electrons. The van der Waals surface area contributed by atoms with Crippen LogP contribution in [-0.4, -0.2) is 11.8 Å². The summed E-state index contributed by atoms with van der Waals surface area (Å²) in [7, 11) is 0. The third-order valence-electron chi connectivity index (χ3n) is 1.21. The Balaban J connectivity index is 0. The van der Waals surface area contributed by atoms with E-state index in [1.165, 1.54) is 0 Å². The van der Waals surface area contributed by atoms with Gasteiger partial charge in [-0.3, -0.25) is 0 Å². The average molecular weight is 290 g/mol. The fourth-order valence-corrected chi connectivity index (χ4v) is 0.684. The summed E-state index contributed by atoms with van der Waals surface area (Å²) in [4.78, 5) is 0. The second kappa shape index (κ2) is 16.9. The number of nitrogens with two attached hydrogens (primary N) is 1. The van der Waals surface area contributed by atoms with Gasteiger partial charge >= 0.3 is 0 Å². The zero-order valence-electron chi connectivity index (χ0n) is 9.08. The molecule has 0 saturated carbocycles. The van der Waals surface area contributed by atoms with Crippen LogP contribution in [-0.2, 0) is 32.7 Å². The van der Waals surface area contributed by atoms with Crippen molar-refractivity contribution in [3.05, 3.63) is 72.8 Å². The van der Waals surface area contributed by atoms with Crippen LogP contribution in [0.3, 0.4) is 0 Å². The van der Waals surface area contributed by atoms with Gasteiger partial charge in [0.15, 0.2) is 0 Å². The van der Waals surface area contributed by atoms with Crippen molar-refractivity contribution in [2.24, 2.45) is 5.73 Å². The molecule has 2 nitrogen and oxygen atoms in total. The van der Waals surface area contributed by atoms with Crippen molar-refractivity contribution in [2.75, 3.05) is 6.73 Å². The van der Waals surface area contributed by atoms with Crippen molar-refractivity contribution >= 4 is 0 Å². The smallest absolute Gasteiger partial charge is 0.0906 e. The van der Waals surface area contributed by atoms with Gasteiger partial charge in [0.05, 0.1) is 6.73 Å². The number of rotatable bonds is 0. The molecule has 0 aromatic heterocycles. The number of hydrogen-bond acceptors (Lipinski definition) is 2. The SMILES string of the molecule is NCO.[Y].[c-]1ccccc1.[c-]1ccccc1. The van der Waals surface area contributed by atoms with Gasteiger partial charge in [-0.25, -0.2) is 0 Å².